The Morgan fingerprint density at radius 2 is 1.67 bits per heavy atom. The molecule has 0 saturated heterocycles. The lowest BCUT2D eigenvalue weighted by atomic mass is 10.1. The first kappa shape index (κ1) is 31.2. The van der Waals surface area contributed by atoms with E-state index in [2.05, 4.69) is 20.9 Å². The Labute approximate surface area is 267 Å². The predicted molar refractivity (Wildman–Crippen MR) is 177 cm³/mol. The number of nitrogens with zero attached hydrogens (tertiary/aromatic N) is 1. The van der Waals surface area contributed by atoms with Crippen LogP contribution in [0.1, 0.15) is 15.9 Å². The van der Waals surface area contributed by atoms with Crippen LogP contribution in [0, 0.1) is 5.82 Å². The number of benzene rings is 4. The molecule has 0 saturated carbocycles. The highest BCUT2D eigenvalue weighted by atomic mass is 32.2. The molecule has 1 heterocycles. The van der Waals surface area contributed by atoms with E-state index in [4.69, 9.17) is 4.74 Å². The number of carbonyl (C=O) groups is 3. The summed E-state index contributed by atoms with van der Waals surface area (Å²) in [6.45, 7) is 0. The number of carbonyl (C=O) groups excluding carboxylic acids is 3. The van der Waals surface area contributed by atoms with Crippen LogP contribution in [0.25, 0.3) is 17.3 Å². The molecule has 0 fully saturated rings. The van der Waals surface area contributed by atoms with Gasteiger partial charge in [-0.15, -0.1) is 23.1 Å². The molecule has 8 nitrogen and oxygen atoms in total. The zero-order chi connectivity index (χ0) is 31.6. The molecule has 45 heavy (non-hydrogen) atoms. The number of rotatable bonds is 11. The minimum absolute atomic E-state index is 0.0528. The van der Waals surface area contributed by atoms with Crippen LogP contribution in [0.2, 0.25) is 0 Å². The summed E-state index contributed by atoms with van der Waals surface area (Å²) >= 11 is 2.62. The summed E-state index contributed by atoms with van der Waals surface area (Å²) in [4.78, 5) is 43.9. The summed E-state index contributed by atoms with van der Waals surface area (Å²) in [5.74, 6) is -0.719. The number of nitrogens with one attached hydrogen (secondary N) is 3. The molecule has 0 unspecified atom stereocenters. The van der Waals surface area contributed by atoms with E-state index in [9.17, 15) is 18.8 Å². The van der Waals surface area contributed by atoms with Gasteiger partial charge in [-0.2, -0.15) is 0 Å². The molecule has 0 aliphatic heterocycles. The van der Waals surface area contributed by atoms with E-state index in [1.165, 1.54) is 35.2 Å². The molecular formula is C34H27FN4O4S2. The standard InChI is InChI=1S/C34H27FN4O4S2/c1-43-27-9-5-6-22(18-27)19-29(37-32(41)24-7-3-2-4-8-24)33(42)36-26-14-16-28(17-15-26)44-21-31(40)39-34-38-30(20-45-34)23-10-12-25(35)13-11-23/h2-20H,21H2,1H3,(H,36,42)(H,37,41)(H,38,39,40)/b29-19-. The average Bonchev–Trinajstić information content (AvgIpc) is 3.53. The molecule has 11 heteroatoms. The smallest absolute Gasteiger partial charge is 0.272 e. The Kier molecular flexibility index (Phi) is 10.4. The summed E-state index contributed by atoms with van der Waals surface area (Å²) in [5, 5.41) is 10.6. The van der Waals surface area contributed by atoms with Gasteiger partial charge < -0.3 is 20.7 Å². The van der Waals surface area contributed by atoms with E-state index in [1.54, 1.807) is 110 Å². The van der Waals surface area contributed by atoms with Crippen molar-refractivity contribution in [1.29, 1.82) is 0 Å². The first-order valence-corrected chi connectivity index (χ1v) is 15.5. The predicted octanol–water partition coefficient (Wildman–Crippen LogP) is 7.10. The quantitative estimate of drug-likeness (QED) is 0.105. The van der Waals surface area contributed by atoms with Crippen molar-refractivity contribution in [2.45, 2.75) is 4.90 Å². The molecule has 3 amide bonds. The number of thiazole rings is 1. The van der Waals surface area contributed by atoms with Crippen molar-refractivity contribution < 1.29 is 23.5 Å². The number of methoxy groups -OCH3 is 1. The second kappa shape index (κ2) is 15.0. The van der Waals surface area contributed by atoms with Gasteiger partial charge in [0.2, 0.25) is 5.91 Å². The van der Waals surface area contributed by atoms with Crippen LogP contribution in [0.4, 0.5) is 15.2 Å². The van der Waals surface area contributed by atoms with Gasteiger partial charge in [-0.1, -0.05) is 30.3 Å². The minimum atomic E-state index is -0.509. The molecule has 0 aliphatic carbocycles. The highest BCUT2D eigenvalue weighted by molar-refractivity contribution is 8.00. The van der Waals surface area contributed by atoms with Crippen LogP contribution in [-0.4, -0.2) is 35.6 Å². The summed E-state index contributed by atoms with van der Waals surface area (Å²) in [6, 6.07) is 28.8. The van der Waals surface area contributed by atoms with Crippen LogP contribution in [-0.2, 0) is 9.59 Å². The van der Waals surface area contributed by atoms with Crippen LogP contribution < -0.4 is 20.7 Å². The van der Waals surface area contributed by atoms with Crippen molar-refractivity contribution in [3.05, 3.63) is 131 Å². The van der Waals surface area contributed by atoms with E-state index in [0.29, 0.717) is 33.4 Å². The van der Waals surface area contributed by atoms with Gasteiger partial charge in [0.05, 0.1) is 18.6 Å². The molecule has 1 aromatic heterocycles. The third kappa shape index (κ3) is 8.88. The largest absolute Gasteiger partial charge is 0.497 e. The molecule has 4 aromatic carbocycles. The highest BCUT2D eigenvalue weighted by Gasteiger charge is 2.16. The van der Waals surface area contributed by atoms with E-state index >= 15 is 0 Å². The molecule has 5 aromatic rings. The van der Waals surface area contributed by atoms with Gasteiger partial charge in [0.1, 0.15) is 17.3 Å². The Morgan fingerprint density at radius 3 is 2.40 bits per heavy atom. The Bertz CT molecular complexity index is 1830. The average molecular weight is 639 g/mol. The third-order valence-electron chi connectivity index (χ3n) is 6.31. The van der Waals surface area contributed by atoms with Crippen molar-refractivity contribution in [2.75, 3.05) is 23.5 Å². The van der Waals surface area contributed by atoms with Gasteiger partial charge in [-0.05, 0) is 84.4 Å². The van der Waals surface area contributed by atoms with Crippen molar-refractivity contribution in [1.82, 2.24) is 10.3 Å². The highest BCUT2D eigenvalue weighted by Crippen LogP contribution is 2.26. The van der Waals surface area contributed by atoms with E-state index in [0.717, 1.165) is 10.5 Å². The van der Waals surface area contributed by atoms with Crippen molar-refractivity contribution in [2.24, 2.45) is 0 Å². The van der Waals surface area contributed by atoms with Crippen molar-refractivity contribution in [3.63, 3.8) is 0 Å². The zero-order valence-corrected chi connectivity index (χ0v) is 25.6. The Balaban J connectivity index is 1.19. The number of aromatic nitrogens is 1. The third-order valence-corrected chi connectivity index (χ3v) is 8.08. The van der Waals surface area contributed by atoms with Crippen LogP contribution >= 0.6 is 23.1 Å². The zero-order valence-electron chi connectivity index (χ0n) is 24.0. The lowest BCUT2D eigenvalue weighted by molar-refractivity contribution is -0.114. The van der Waals surface area contributed by atoms with Crippen molar-refractivity contribution in [3.8, 4) is 17.0 Å². The van der Waals surface area contributed by atoms with E-state index in [-0.39, 0.29) is 23.2 Å². The second-order valence-corrected chi connectivity index (χ2v) is 11.4. The molecule has 0 radical (unpaired) electrons. The van der Waals surface area contributed by atoms with Gasteiger partial charge in [-0.25, -0.2) is 9.37 Å². The molecule has 0 aliphatic rings. The number of thioether (sulfide) groups is 1. The number of halogens is 1. The van der Waals surface area contributed by atoms with Crippen LogP contribution in [0.5, 0.6) is 5.75 Å². The maximum Gasteiger partial charge on any atom is 0.272 e. The molecule has 0 bridgehead atoms. The lowest BCUT2D eigenvalue weighted by Crippen LogP contribution is -2.30. The van der Waals surface area contributed by atoms with Crippen LogP contribution in [0.3, 0.4) is 0 Å². The summed E-state index contributed by atoms with van der Waals surface area (Å²) < 4.78 is 18.5. The normalized spacial score (nSPS) is 11.0. The fraction of sp³-hybridized carbons (Fsp3) is 0.0588. The second-order valence-electron chi connectivity index (χ2n) is 9.51. The van der Waals surface area contributed by atoms with Gasteiger partial charge >= 0.3 is 0 Å². The molecule has 226 valence electrons. The summed E-state index contributed by atoms with van der Waals surface area (Å²) in [5.41, 5.74) is 3.06. The number of hydrogen-bond donors (Lipinski definition) is 3. The first-order chi connectivity index (χ1) is 21.9. The van der Waals surface area contributed by atoms with Crippen molar-refractivity contribution >= 4 is 57.7 Å². The lowest BCUT2D eigenvalue weighted by Gasteiger charge is -2.12. The molecule has 0 atom stereocenters. The van der Waals surface area contributed by atoms with Crippen LogP contribution in [0.15, 0.2) is 119 Å². The SMILES string of the molecule is COc1cccc(/C=C(\NC(=O)c2ccccc2)C(=O)Nc2ccc(SCC(=O)Nc3nc(-c4ccc(F)cc4)cs3)cc2)c1. The maximum absolute atomic E-state index is 13.3. The van der Waals surface area contributed by atoms with Gasteiger partial charge in [0.15, 0.2) is 5.13 Å². The monoisotopic (exact) mass is 638 g/mol. The number of hydrogen-bond acceptors (Lipinski definition) is 7. The molecule has 0 spiro atoms. The van der Waals surface area contributed by atoms with Gasteiger partial charge in [0, 0.05) is 27.1 Å². The Hall–Kier alpha value is -5.26. The van der Waals surface area contributed by atoms with E-state index < -0.39 is 11.8 Å². The van der Waals surface area contributed by atoms with Gasteiger partial charge in [-0.3, -0.25) is 14.4 Å². The van der Waals surface area contributed by atoms with Gasteiger partial charge in [0.25, 0.3) is 11.8 Å². The number of amides is 3. The topological polar surface area (TPSA) is 109 Å². The molecule has 5 rings (SSSR count). The fourth-order valence-corrected chi connectivity index (χ4v) is 5.50. The molecular weight excluding hydrogens is 612 g/mol. The number of anilines is 2. The summed E-state index contributed by atoms with van der Waals surface area (Å²) in [6.07, 6.45) is 1.58. The first-order valence-electron chi connectivity index (χ1n) is 13.6. The Morgan fingerprint density at radius 1 is 0.911 bits per heavy atom. The fourth-order valence-electron chi connectivity index (χ4n) is 4.06. The van der Waals surface area contributed by atoms with E-state index in [1.807, 2.05) is 0 Å². The number of ether oxygens (including phenoxy) is 1. The maximum atomic E-state index is 13.3. The minimum Gasteiger partial charge on any atom is -0.497 e. The summed E-state index contributed by atoms with van der Waals surface area (Å²) in [7, 11) is 1.55. The molecule has 3 N–H and O–H groups in total.